The predicted octanol–water partition coefficient (Wildman–Crippen LogP) is 3.09. The molecule has 0 nitrogen and oxygen atoms in total. The molecular weight excluding hydrogens is 197 g/mol. The summed E-state index contributed by atoms with van der Waals surface area (Å²) in [6.07, 6.45) is -3.39. The van der Waals surface area contributed by atoms with E-state index in [1.165, 1.54) is 0 Å². The monoisotopic (exact) mass is 198 g/mol. The van der Waals surface area contributed by atoms with Crippen LogP contribution < -0.4 is 0 Å². The Hall–Kier alpha value is -0.130. The van der Waals surface area contributed by atoms with Crippen LogP contribution in [0, 0.1) is 13.1 Å². The summed E-state index contributed by atoms with van der Waals surface area (Å²) in [6.45, 7) is -1.53. The van der Waals surface area contributed by atoms with E-state index in [4.69, 9.17) is 0 Å². The molecule has 0 aromatic rings. The van der Waals surface area contributed by atoms with Gasteiger partial charge in [0.15, 0.2) is 0 Å². The van der Waals surface area contributed by atoms with Gasteiger partial charge in [-0.25, -0.2) is 8.78 Å². The van der Waals surface area contributed by atoms with E-state index in [0.717, 1.165) is 0 Å². The Morgan fingerprint density at radius 2 is 1.55 bits per heavy atom. The van der Waals surface area contributed by atoms with Gasteiger partial charge in [0.25, 0.3) is 0 Å². The second kappa shape index (κ2) is 3.08. The van der Waals surface area contributed by atoms with E-state index in [-0.39, 0.29) is 0 Å². The SMILES string of the molecule is F[CH]C(F)(F)C(F)(Cl)[C](F)F. The van der Waals surface area contributed by atoms with Crippen molar-refractivity contribution in [3.05, 3.63) is 13.1 Å². The van der Waals surface area contributed by atoms with Gasteiger partial charge in [0.05, 0.1) is 0 Å². The first-order valence-corrected chi connectivity index (χ1v) is 2.52. The molecular formula is C4HClF6. The fourth-order valence-electron chi connectivity index (χ4n) is 0.194. The summed E-state index contributed by atoms with van der Waals surface area (Å²) < 4.78 is 69.0. The van der Waals surface area contributed by atoms with Gasteiger partial charge in [-0.1, -0.05) is 11.6 Å². The highest BCUT2D eigenvalue weighted by Crippen LogP contribution is 2.46. The molecule has 0 aromatic heterocycles. The summed E-state index contributed by atoms with van der Waals surface area (Å²) in [7, 11) is 0. The molecule has 0 aliphatic heterocycles. The van der Waals surface area contributed by atoms with Crippen LogP contribution in [-0.4, -0.2) is 11.1 Å². The minimum Gasteiger partial charge on any atom is -0.237 e. The molecule has 11 heavy (non-hydrogen) atoms. The Labute approximate surface area is 63.1 Å². The zero-order valence-electron chi connectivity index (χ0n) is 4.72. The summed E-state index contributed by atoms with van der Waals surface area (Å²) in [6, 6.07) is 0. The topological polar surface area (TPSA) is 0 Å². The maximum absolute atomic E-state index is 11.9. The standard InChI is InChI=1S/C4HClF6/c5-4(11,2(7)8)3(9,10)1-6/h1H. The zero-order chi connectivity index (χ0) is 9.28. The summed E-state index contributed by atoms with van der Waals surface area (Å²) in [4.78, 5) is 0. The van der Waals surface area contributed by atoms with Crippen LogP contribution in [0.15, 0.2) is 0 Å². The van der Waals surface area contributed by atoms with Crippen molar-refractivity contribution >= 4 is 11.6 Å². The second-order valence-corrected chi connectivity index (χ2v) is 2.09. The van der Waals surface area contributed by atoms with E-state index in [0.29, 0.717) is 0 Å². The van der Waals surface area contributed by atoms with Crippen molar-refractivity contribution in [3.8, 4) is 0 Å². The van der Waals surface area contributed by atoms with Crippen molar-refractivity contribution in [1.82, 2.24) is 0 Å². The highest BCUT2D eigenvalue weighted by Gasteiger charge is 2.62. The lowest BCUT2D eigenvalue weighted by atomic mass is 10.2. The van der Waals surface area contributed by atoms with E-state index in [1.807, 2.05) is 0 Å². The van der Waals surface area contributed by atoms with Gasteiger partial charge in [-0.15, -0.1) is 0 Å². The van der Waals surface area contributed by atoms with E-state index >= 15 is 0 Å². The summed E-state index contributed by atoms with van der Waals surface area (Å²) in [5, 5.41) is -4.76. The zero-order valence-corrected chi connectivity index (χ0v) is 5.48. The van der Waals surface area contributed by atoms with Crippen molar-refractivity contribution < 1.29 is 26.3 Å². The van der Waals surface area contributed by atoms with Gasteiger partial charge in [0.1, 0.15) is 0 Å². The third kappa shape index (κ3) is 1.91. The molecule has 0 N–H and O–H groups in total. The minimum absolute atomic E-state index is 1.53. The van der Waals surface area contributed by atoms with Crippen molar-refractivity contribution in [2.24, 2.45) is 0 Å². The Morgan fingerprint density at radius 1 is 1.18 bits per heavy atom. The lowest BCUT2D eigenvalue weighted by molar-refractivity contribution is -0.105. The fourth-order valence-corrected chi connectivity index (χ4v) is 0.236. The van der Waals surface area contributed by atoms with Crippen LogP contribution in [0.3, 0.4) is 0 Å². The van der Waals surface area contributed by atoms with Gasteiger partial charge in [-0.2, -0.15) is 17.6 Å². The molecule has 2 radical (unpaired) electrons. The van der Waals surface area contributed by atoms with Gasteiger partial charge < -0.3 is 0 Å². The third-order valence-corrected chi connectivity index (χ3v) is 1.19. The largest absolute Gasteiger partial charge is 0.368 e. The van der Waals surface area contributed by atoms with Crippen molar-refractivity contribution in [2.45, 2.75) is 11.1 Å². The number of alkyl halides is 4. The summed E-state index contributed by atoms with van der Waals surface area (Å²) in [5.41, 5.74) is 0. The summed E-state index contributed by atoms with van der Waals surface area (Å²) >= 11 is 3.99. The first-order valence-electron chi connectivity index (χ1n) is 2.14. The van der Waals surface area contributed by atoms with Crippen LogP contribution >= 0.6 is 11.6 Å². The highest BCUT2D eigenvalue weighted by molar-refractivity contribution is 6.24. The molecule has 0 spiro atoms. The molecule has 1 atom stereocenters. The van der Waals surface area contributed by atoms with Crippen LogP contribution in [0.1, 0.15) is 0 Å². The Balaban J connectivity index is 4.53. The molecule has 0 saturated heterocycles. The molecule has 0 heterocycles. The normalized spacial score (nSPS) is 18.5. The van der Waals surface area contributed by atoms with Gasteiger partial charge >= 0.3 is 17.5 Å². The number of rotatable bonds is 3. The van der Waals surface area contributed by atoms with E-state index in [9.17, 15) is 26.3 Å². The smallest absolute Gasteiger partial charge is 0.237 e. The minimum atomic E-state index is -5.02. The van der Waals surface area contributed by atoms with Gasteiger partial charge in [0.2, 0.25) is 6.67 Å². The Bertz CT molecular complexity index is 133. The van der Waals surface area contributed by atoms with Gasteiger partial charge in [-0.3, -0.25) is 0 Å². The van der Waals surface area contributed by atoms with E-state index < -0.39 is 24.2 Å². The van der Waals surface area contributed by atoms with Crippen LogP contribution in [0.2, 0.25) is 0 Å². The molecule has 0 amide bonds. The molecule has 0 aliphatic rings. The number of hydrogen-bond donors (Lipinski definition) is 0. The van der Waals surface area contributed by atoms with Gasteiger partial charge in [0, 0.05) is 0 Å². The first kappa shape index (κ1) is 10.9. The average Bonchev–Trinajstić information content (AvgIpc) is 1.87. The van der Waals surface area contributed by atoms with E-state index in [1.54, 1.807) is 0 Å². The third-order valence-electron chi connectivity index (χ3n) is 0.793. The average molecular weight is 198 g/mol. The van der Waals surface area contributed by atoms with Crippen LogP contribution in [0.5, 0.6) is 0 Å². The second-order valence-electron chi connectivity index (χ2n) is 1.57. The predicted molar refractivity (Wildman–Crippen MR) is 25.5 cm³/mol. The molecule has 66 valence electrons. The van der Waals surface area contributed by atoms with E-state index in [2.05, 4.69) is 11.6 Å². The molecule has 0 saturated carbocycles. The van der Waals surface area contributed by atoms with Crippen molar-refractivity contribution in [1.29, 1.82) is 0 Å². The summed E-state index contributed by atoms with van der Waals surface area (Å²) in [5.74, 6) is -5.02. The van der Waals surface area contributed by atoms with Crippen LogP contribution in [-0.2, 0) is 0 Å². The van der Waals surface area contributed by atoms with Gasteiger partial charge in [-0.05, 0) is 0 Å². The lowest BCUT2D eigenvalue weighted by Crippen LogP contribution is -2.41. The maximum atomic E-state index is 11.9. The molecule has 0 aromatic carbocycles. The Morgan fingerprint density at radius 3 is 1.64 bits per heavy atom. The van der Waals surface area contributed by atoms with Crippen molar-refractivity contribution in [3.63, 3.8) is 0 Å². The molecule has 1 unspecified atom stereocenters. The maximum Gasteiger partial charge on any atom is 0.368 e. The molecule has 0 bridgehead atoms. The number of halogens is 7. The molecule has 0 aliphatic carbocycles. The Kier molecular flexibility index (Phi) is 3.05. The van der Waals surface area contributed by atoms with Crippen LogP contribution in [0.25, 0.3) is 0 Å². The quantitative estimate of drug-likeness (QED) is 0.483. The first-order chi connectivity index (χ1) is 4.75. The highest BCUT2D eigenvalue weighted by atomic mass is 35.5. The molecule has 7 heteroatoms. The van der Waals surface area contributed by atoms with Crippen molar-refractivity contribution in [2.75, 3.05) is 0 Å². The molecule has 0 fully saturated rings. The molecule has 0 rings (SSSR count). The van der Waals surface area contributed by atoms with Crippen LogP contribution in [0.4, 0.5) is 26.3 Å². The number of hydrogen-bond acceptors (Lipinski definition) is 0. The lowest BCUT2D eigenvalue weighted by Gasteiger charge is -2.22. The fraction of sp³-hybridized carbons (Fsp3) is 0.500.